The minimum atomic E-state index is 0. The van der Waals surface area contributed by atoms with Crippen molar-refractivity contribution in [2.45, 2.75) is 314 Å². The van der Waals surface area contributed by atoms with E-state index >= 15 is 0 Å². The fourth-order valence-electron chi connectivity index (χ4n) is 13.0. The van der Waals surface area contributed by atoms with E-state index in [4.69, 9.17) is 0 Å². The molecule has 641 valence electrons. The average molecular weight is 2010 g/mol. The van der Waals surface area contributed by atoms with E-state index in [0.29, 0.717) is 0 Å². The van der Waals surface area contributed by atoms with Crippen LogP contribution in [0, 0.1) is 60.7 Å². The second-order valence-electron chi connectivity index (χ2n) is 44.6. The maximum absolute atomic E-state index is 3.58. The number of benzene rings is 12. The Balaban J connectivity index is 0.000000496. The van der Waals surface area contributed by atoms with Crippen LogP contribution < -0.4 is 0 Å². The first-order valence-electron chi connectivity index (χ1n) is 42.9. The molecule has 0 spiro atoms. The summed E-state index contributed by atoms with van der Waals surface area (Å²) in [5.74, 6) is 0. The third-order valence-corrected chi connectivity index (χ3v) is 21.5. The summed E-state index contributed by atoms with van der Waals surface area (Å²) in [6.07, 6.45) is 0. The van der Waals surface area contributed by atoms with Crippen LogP contribution in [0.5, 0.6) is 0 Å². The molecule has 0 unspecified atom stereocenters. The molecule has 12 rings (SSSR count). The van der Waals surface area contributed by atoms with Crippen LogP contribution >= 0.6 is 0 Å². The van der Waals surface area contributed by atoms with E-state index in [1.807, 2.05) is 36.4 Å². The summed E-state index contributed by atoms with van der Waals surface area (Å²) in [6, 6.07) is 112. The first kappa shape index (κ1) is 115. The number of hydrogen-bond acceptors (Lipinski definition) is 0. The molecule has 0 aliphatic heterocycles. The summed E-state index contributed by atoms with van der Waals surface area (Å²) in [5, 5.41) is 2.69. The molecule has 0 saturated carbocycles. The standard InChI is InChI=1S/5C20H24.C18H24.5Y/c1-19(2,3)17-11-7-15(8-12-17)16-9-13-18(14-10-16)20(4,5)6;2*1-19(2,3)17-11-7-9-15(13-17)16-10-8-12-18(14-16)20(4,5)6;1-19(2,3)17-12-16(15-10-8-7-9-11-15)13-18(14-17)20(4,5)6;1-19(2,3)16-12-13-17(15-10-8-7-9-11-15)18(14-16)20(4,5)6;1-17(2,3)15-9-7-13-8-10-16(18(4,5)6)12-14(13)11-15;;;;;/h7,9,11-14H,1-6H3;7-8,11-14H,1-6H3;7-12H,1-6H3;2*7-10,12,14H,1-6H3;7-12H,1-6H3;;;;;/q5*-2;;;;;;. The molecular weight excluding hydrogens is 1860 g/mol. The summed E-state index contributed by atoms with van der Waals surface area (Å²) in [5.41, 5.74) is 29.0. The first-order chi connectivity index (χ1) is 54.1. The van der Waals surface area contributed by atoms with E-state index in [1.54, 1.807) is 0 Å². The first-order valence-corrected chi connectivity index (χ1v) is 42.9. The van der Waals surface area contributed by atoms with Crippen LogP contribution in [0.15, 0.2) is 218 Å². The van der Waals surface area contributed by atoms with Gasteiger partial charge in [-0.25, -0.2) is 55.6 Å². The van der Waals surface area contributed by atoms with Crippen molar-refractivity contribution in [2.24, 2.45) is 0 Å². The van der Waals surface area contributed by atoms with Crippen LogP contribution in [0.25, 0.3) is 66.4 Å². The van der Waals surface area contributed by atoms with Crippen molar-refractivity contribution in [3.05, 3.63) is 346 Å². The topological polar surface area (TPSA) is 0 Å². The second-order valence-corrected chi connectivity index (χ2v) is 44.6. The van der Waals surface area contributed by atoms with Gasteiger partial charge in [-0.1, -0.05) is 291 Å². The summed E-state index contributed by atoms with van der Waals surface area (Å²) in [7, 11) is 0. The molecule has 0 bridgehead atoms. The molecule has 0 heterocycles. The predicted molar refractivity (Wildman–Crippen MR) is 516 cm³/mol. The van der Waals surface area contributed by atoms with Gasteiger partial charge in [0.1, 0.15) is 0 Å². The van der Waals surface area contributed by atoms with Crippen LogP contribution in [0.1, 0.15) is 316 Å². The Kier molecular flexibility index (Phi) is 44.1. The second kappa shape index (κ2) is 47.0. The Labute approximate surface area is 878 Å². The Morgan fingerprint density at radius 1 is 0.171 bits per heavy atom. The molecule has 0 nitrogen and oxygen atoms in total. The SMILES string of the molecule is CC(C)(C)c1[c-]c(-c2[c-]c(C(C)(C)C)ccc2)ccc1.CC(C)(C)c1[c-]c(-c2[c-]cccc2)cc(C(C)(C)C)c1.CC(C)(C)c1c[c-]c(-c2[c-]cc(C(C)(C)C)cc2)cc1.CC(C)(C)c1c[c-]c(-c2[c-]cccc2)c(C(C)(C)C)c1.CC(C)(C)c1cc[c-]c(-c2[c-]ccc(C(C)(C)C)c2)c1.CC(C)(C)c1ccc2ccc(C(C)(C)C)cc2c1.[Y].[Y].[Y].[Y].[Y]. The molecule has 0 amide bonds. The fraction of sp³-hybridized carbons (Fsp3) is 0.407. The molecule has 0 aromatic heterocycles. The zero-order chi connectivity index (χ0) is 88.4. The van der Waals surface area contributed by atoms with Gasteiger partial charge in [-0.2, -0.15) is 200 Å². The molecule has 0 saturated heterocycles. The van der Waals surface area contributed by atoms with Gasteiger partial charge in [0.2, 0.25) is 0 Å². The molecule has 0 aliphatic carbocycles. The van der Waals surface area contributed by atoms with Crippen LogP contribution in [0.3, 0.4) is 0 Å². The summed E-state index contributed by atoms with van der Waals surface area (Å²) < 4.78 is 0. The van der Waals surface area contributed by atoms with E-state index in [-0.39, 0.29) is 229 Å². The van der Waals surface area contributed by atoms with Gasteiger partial charge >= 0.3 is 0 Å². The molecule has 5 radical (unpaired) electrons. The maximum atomic E-state index is 3.58. The largest absolute Gasteiger partial charge is 0.226 e. The zero-order valence-electron chi connectivity index (χ0n) is 82.7. The Morgan fingerprint density at radius 3 is 0.805 bits per heavy atom. The van der Waals surface area contributed by atoms with Crippen molar-refractivity contribution in [3.63, 3.8) is 0 Å². The van der Waals surface area contributed by atoms with Gasteiger partial charge in [-0.05, 0) is 81.5 Å². The monoisotopic (exact) mass is 2010 g/mol. The van der Waals surface area contributed by atoms with Crippen LogP contribution in [0.4, 0.5) is 0 Å². The molecule has 0 atom stereocenters. The number of fused-ring (bicyclic) bond motifs is 1. The molecule has 0 N–H and O–H groups in total. The van der Waals surface area contributed by atoms with Crippen LogP contribution in [-0.2, 0) is 229 Å². The predicted octanol–water partition coefficient (Wildman–Crippen LogP) is 33.2. The van der Waals surface area contributed by atoms with Crippen molar-refractivity contribution in [1.82, 2.24) is 0 Å². The summed E-state index contributed by atoms with van der Waals surface area (Å²) >= 11 is 0. The molecule has 0 fully saturated rings. The van der Waals surface area contributed by atoms with Gasteiger partial charge in [-0.15, -0.1) is 98.6 Å². The van der Waals surface area contributed by atoms with Crippen LogP contribution in [0.2, 0.25) is 0 Å². The van der Waals surface area contributed by atoms with Gasteiger partial charge in [0.15, 0.2) is 0 Å². The smallest absolute Gasteiger partial charge is 0 e. The van der Waals surface area contributed by atoms with Crippen LogP contribution in [-0.4, -0.2) is 0 Å². The van der Waals surface area contributed by atoms with E-state index in [1.165, 1.54) is 83.1 Å². The Hall–Kier alpha value is -3.58. The third kappa shape index (κ3) is 35.9. The molecule has 5 heteroatoms. The normalized spacial score (nSPS) is 12.1. The van der Waals surface area contributed by atoms with Crippen molar-refractivity contribution >= 4 is 10.8 Å². The van der Waals surface area contributed by atoms with E-state index in [2.05, 4.69) is 492 Å². The van der Waals surface area contributed by atoms with Gasteiger partial charge in [-0.3, -0.25) is 0 Å². The minimum Gasteiger partial charge on any atom is -0.226 e. The average Bonchev–Trinajstić information content (AvgIpc) is 0.913. The molecular formula is C118H144Y5-10. The van der Waals surface area contributed by atoms with Crippen molar-refractivity contribution in [1.29, 1.82) is 0 Å². The zero-order valence-corrected chi connectivity index (χ0v) is 96.9. The number of rotatable bonds is 5. The minimum absolute atomic E-state index is 0. The third-order valence-electron chi connectivity index (χ3n) is 21.5. The molecule has 0 aliphatic rings. The van der Waals surface area contributed by atoms with Gasteiger partial charge in [0.05, 0.1) is 0 Å². The van der Waals surface area contributed by atoms with E-state index < -0.39 is 0 Å². The van der Waals surface area contributed by atoms with Gasteiger partial charge < -0.3 is 0 Å². The van der Waals surface area contributed by atoms with Crippen molar-refractivity contribution in [3.8, 4) is 55.6 Å². The number of hydrogen-bond donors (Lipinski definition) is 0. The molecule has 12 aromatic rings. The Morgan fingerprint density at radius 2 is 0.480 bits per heavy atom. The Bertz CT molecular complexity index is 4840. The maximum Gasteiger partial charge on any atom is 0 e. The summed E-state index contributed by atoms with van der Waals surface area (Å²) in [4.78, 5) is 0. The quantitative estimate of drug-likeness (QED) is 0.151. The summed E-state index contributed by atoms with van der Waals surface area (Å²) in [6.45, 7) is 80.7. The van der Waals surface area contributed by atoms with E-state index in [0.717, 1.165) is 50.1 Å². The van der Waals surface area contributed by atoms with E-state index in [9.17, 15) is 0 Å². The molecule has 123 heavy (non-hydrogen) atoms. The van der Waals surface area contributed by atoms with Gasteiger partial charge in [0, 0.05) is 164 Å². The van der Waals surface area contributed by atoms with Gasteiger partial charge in [0.25, 0.3) is 0 Å². The van der Waals surface area contributed by atoms with Crippen molar-refractivity contribution in [2.75, 3.05) is 0 Å². The van der Waals surface area contributed by atoms with Crippen molar-refractivity contribution < 1.29 is 164 Å². The fourth-order valence-corrected chi connectivity index (χ4v) is 13.0. The molecule has 12 aromatic carbocycles.